The molecule has 106 valence electrons. The van der Waals surface area contributed by atoms with Gasteiger partial charge in [-0.2, -0.15) is 0 Å². The van der Waals surface area contributed by atoms with Crippen LogP contribution in [0.25, 0.3) is 10.8 Å². The van der Waals surface area contributed by atoms with Crippen LogP contribution in [0.4, 0.5) is 5.69 Å². The van der Waals surface area contributed by atoms with Gasteiger partial charge in [-0.15, -0.1) is 0 Å². The van der Waals surface area contributed by atoms with Crippen LogP contribution in [0.3, 0.4) is 0 Å². The SMILES string of the molecule is Cc1cc(NCc2c(O)ccc3ccccc23)cnc1Cl. The van der Waals surface area contributed by atoms with E-state index in [4.69, 9.17) is 11.6 Å². The molecule has 0 bridgehead atoms. The summed E-state index contributed by atoms with van der Waals surface area (Å²) in [4.78, 5) is 4.12. The molecule has 4 heteroatoms. The largest absolute Gasteiger partial charge is 0.508 e. The third-order valence-corrected chi connectivity index (χ3v) is 3.90. The molecule has 3 aromatic rings. The molecule has 0 fully saturated rings. The molecule has 0 amide bonds. The fourth-order valence-corrected chi connectivity index (χ4v) is 2.46. The van der Waals surface area contributed by atoms with Crippen LogP contribution in [-0.4, -0.2) is 10.1 Å². The normalized spacial score (nSPS) is 10.8. The summed E-state index contributed by atoms with van der Waals surface area (Å²) < 4.78 is 0. The number of pyridine rings is 1. The summed E-state index contributed by atoms with van der Waals surface area (Å²) in [5, 5.41) is 16.1. The predicted molar refractivity (Wildman–Crippen MR) is 86.9 cm³/mol. The Bertz CT molecular complexity index is 802. The number of hydrogen-bond acceptors (Lipinski definition) is 3. The van der Waals surface area contributed by atoms with Gasteiger partial charge in [0.25, 0.3) is 0 Å². The van der Waals surface area contributed by atoms with Gasteiger partial charge in [-0.05, 0) is 35.4 Å². The first-order valence-electron chi connectivity index (χ1n) is 6.71. The fourth-order valence-electron chi connectivity index (χ4n) is 2.36. The summed E-state index contributed by atoms with van der Waals surface area (Å²) in [7, 11) is 0. The van der Waals surface area contributed by atoms with Gasteiger partial charge in [0.15, 0.2) is 0 Å². The average Bonchev–Trinajstić information content (AvgIpc) is 2.50. The van der Waals surface area contributed by atoms with Gasteiger partial charge in [0.2, 0.25) is 0 Å². The first-order chi connectivity index (χ1) is 10.1. The molecule has 0 unspecified atom stereocenters. The number of halogens is 1. The Kier molecular flexibility index (Phi) is 3.67. The van der Waals surface area contributed by atoms with E-state index >= 15 is 0 Å². The molecule has 3 rings (SSSR count). The van der Waals surface area contributed by atoms with E-state index in [1.54, 1.807) is 12.3 Å². The van der Waals surface area contributed by atoms with Crippen molar-refractivity contribution in [2.24, 2.45) is 0 Å². The highest BCUT2D eigenvalue weighted by Gasteiger charge is 2.07. The molecular formula is C17H15ClN2O. The molecule has 0 aliphatic carbocycles. The van der Waals surface area contributed by atoms with Crippen molar-refractivity contribution < 1.29 is 5.11 Å². The van der Waals surface area contributed by atoms with Gasteiger partial charge in [0.05, 0.1) is 11.9 Å². The predicted octanol–water partition coefficient (Wildman–Crippen LogP) is 4.51. The molecule has 1 heterocycles. The van der Waals surface area contributed by atoms with E-state index in [-0.39, 0.29) is 0 Å². The molecule has 0 aliphatic heterocycles. The Balaban J connectivity index is 1.91. The zero-order chi connectivity index (χ0) is 14.8. The third-order valence-electron chi connectivity index (χ3n) is 3.50. The van der Waals surface area contributed by atoms with E-state index in [2.05, 4.69) is 10.3 Å². The average molecular weight is 299 g/mol. The Labute approximate surface area is 128 Å². The van der Waals surface area contributed by atoms with Crippen LogP contribution in [0.5, 0.6) is 5.75 Å². The van der Waals surface area contributed by atoms with Crippen LogP contribution in [0.2, 0.25) is 5.15 Å². The van der Waals surface area contributed by atoms with Gasteiger partial charge >= 0.3 is 0 Å². The Morgan fingerprint density at radius 2 is 2.00 bits per heavy atom. The van der Waals surface area contributed by atoms with Gasteiger partial charge in [0, 0.05) is 12.1 Å². The van der Waals surface area contributed by atoms with E-state index in [1.807, 2.05) is 43.3 Å². The number of benzene rings is 2. The maximum absolute atomic E-state index is 10.1. The van der Waals surface area contributed by atoms with Crippen molar-refractivity contribution >= 4 is 28.1 Å². The van der Waals surface area contributed by atoms with Crippen molar-refractivity contribution in [3.63, 3.8) is 0 Å². The number of nitrogens with one attached hydrogen (secondary N) is 1. The minimum Gasteiger partial charge on any atom is -0.508 e. The number of aromatic hydroxyl groups is 1. The number of nitrogens with zero attached hydrogens (tertiary/aromatic N) is 1. The van der Waals surface area contributed by atoms with Crippen LogP contribution >= 0.6 is 11.6 Å². The quantitative estimate of drug-likeness (QED) is 0.699. The topological polar surface area (TPSA) is 45.1 Å². The lowest BCUT2D eigenvalue weighted by Gasteiger charge is -2.12. The van der Waals surface area contributed by atoms with Crippen molar-refractivity contribution in [3.8, 4) is 5.75 Å². The third kappa shape index (κ3) is 2.78. The summed E-state index contributed by atoms with van der Waals surface area (Å²) in [6, 6.07) is 13.6. The number of rotatable bonds is 3. The van der Waals surface area contributed by atoms with Crippen molar-refractivity contribution in [2.45, 2.75) is 13.5 Å². The molecule has 0 radical (unpaired) electrons. The number of hydrogen-bond donors (Lipinski definition) is 2. The molecule has 21 heavy (non-hydrogen) atoms. The van der Waals surface area contributed by atoms with Gasteiger partial charge in [-0.3, -0.25) is 0 Å². The second-order valence-electron chi connectivity index (χ2n) is 4.97. The molecule has 0 aliphatic rings. The molecule has 0 atom stereocenters. The number of fused-ring (bicyclic) bond motifs is 1. The van der Waals surface area contributed by atoms with Crippen LogP contribution < -0.4 is 5.32 Å². The molecule has 3 nitrogen and oxygen atoms in total. The van der Waals surface area contributed by atoms with Gasteiger partial charge < -0.3 is 10.4 Å². The number of aryl methyl sites for hydroxylation is 1. The van der Waals surface area contributed by atoms with Gasteiger partial charge in [-0.1, -0.05) is 41.9 Å². The van der Waals surface area contributed by atoms with Crippen molar-refractivity contribution in [3.05, 3.63) is 64.9 Å². The van der Waals surface area contributed by atoms with Crippen molar-refractivity contribution in [1.82, 2.24) is 4.98 Å². The molecule has 0 saturated carbocycles. The lowest BCUT2D eigenvalue weighted by Crippen LogP contribution is -2.01. The van der Waals surface area contributed by atoms with Crippen molar-refractivity contribution in [2.75, 3.05) is 5.32 Å². The smallest absolute Gasteiger partial charge is 0.132 e. The van der Waals surface area contributed by atoms with E-state index in [1.165, 1.54) is 0 Å². The second-order valence-corrected chi connectivity index (χ2v) is 5.33. The van der Waals surface area contributed by atoms with Gasteiger partial charge in [0.1, 0.15) is 10.9 Å². The number of anilines is 1. The lowest BCUT2D eigenvalue weighted by atomic mass is 10.0. The number of aromatic nitrogens is 1. The highest BCUT2D eigenvalue weighted by Crippen LogP contribution is 2.28. The minimum absolute atomic E-state index is 0.292. The lowest BCUT2D eigenvalue weighted by molar-refractivity contribution is 0.470. The van der Waals surface area contributed by atoms with E-state index in [0.29, 0.717) is 17.4 Å². The first-order valence-corrected chi connectivity index (χ1v) is 7.08. The molecule has 2 N–H and O–H groups in total. The zero-order valence-corrected chi connectivity index (χ0v) is 12.4. The molecule has 2 aromatic carbocycles. The monoisotopic (exact) mass is 298 g/mol. The number of phenolic OH excluding ortho intramolecular Hbond substituents is 1. The molecule has 0 spiro atoms. The van der Waals surface area contributed by atoms with Crippen molar-refractivity contribution in [1.29, 1.82) is 0 Å². The van der Waals surface area contributed by atoms with E-state index in [9.17, 15) is 5.11 Å². The minimum atomic E-state index is 0.292. The Morgan fingerprint density at radius 3 is 2.81 bits per heavy atom. The van der Waals surface area contributed by atoms with E-state index < -0.39 is 0 Å². The van der Waals surface area contributed by atoms with Crippen LogP contribution in [0, 0.1) is 6.92 Å². The number of phenols is 1. The fraction of sp³-hybridized carbons (Fsp3) is 0.118. The summed E-state index contributed by atoms with van der Waals surface area (Å²) in [5.74, 6) is 0.292. The first kappa shape index (κ1) is 13.7. The van der Waals surface area contributed by atoms with Crippen LogP contribution in [-0.2, 0) is 6.54 Å². The Hall–Kier alpha value is -2.26. The highest BCUT2D eigenvalue weighted by molar-refractivity contribution is 6.30. The van der Waals surface area contributed by atoms with Crippen LogP contribution in [0.1, 0.15) is 11.1 Å². The summed E-state index contributed by atoms with van der Waals surface area (Å²) in [6.45, 7) is 2.44. The molecular weight excluding hydrogens is 284 g/mol. The second kappa shape index (κ2) is 5.62. The summed E-state index contributed by atoms with van der Waals surface area (Å²) in [6.07, 6.45) is 1.69. The molecule has 1 aromatic heterocycles. The summed E-state index contributed by atoms with van der Waals surface area (Å²) >= 11 is 5.92. The Morgan fingerprint density at radius 1 is 1.19 bits per heavy atom. The standard InChI is InChI=1S/C17H15ClN2O/c1-11-8-13(9-20-17(11)18)19-10-15-14-5-3-2-4-12(14)6-7-16(15)21/h2-9,19,21H,10H2,1H3. The molecule has 0 saturated heterocycles. The maximum Gasteiger partial charge on any atom is 0.132 e. The van der Waals surface area contributed by atoms with E-state index in [0.717, 1.165) is 27.6 Å². The van der Waals surface area contributed by atoms with Gasteiger partial charge in [-0.25, -0.2) is 4.98 Å². The van der Waals surface area contributed by atoms with Crippen LogP contribution in [0.15, 0.2) is 48.7 Å². The maximum atomic E-state index is 10.1. The zero-order valence-electron chi connectivity index (χ0n) is 11.6. The highest BCUT2D eigenvalue weighted by atomic mass is 35.5. The summed E-state index contributed by atoms with van der Waals surface area (Å²) in [5.41, 5.74) is 2.67.